The van der Waals surface area contributed by atoms with Gasteiger partial charge in [-0.15, -0.1) is 0 Å². The fourth-order valence-corrected chi connectivity index (χ4v) is 2.59. The number of ether oxygens (including phenoxy) is 1. The number of benzene rings is 1. The van der Waals surface area contributed by atoms with Crippen molar-refractivity contribution >= 4 is 17.2 Å². The van der Waals surface area contributed by atoms with Crippen LogP contribution in [0.25, 0.3) is 0 Å². The number of hydrogen-bond acceptors (Lipinski definition) is 3. The van der Waals surface area contributed by atoms with Gasteiger partial charge in [-0.05, 0) is 24.0 Å². The number of likely N-dealkylation sites (tertiary alicyclic amines) is 1. The summed E-state index contributed by atoms with van der Waals surface area (Å²) in [5, 5.41) is 0. The summed E-state index contributed by atoms with van der Waals surface area (Å²) in [5.41, 5.74) is 6.47. The third-order valence-electron chi connectivity index (χ3n) is 3.86. The van der Waals surface area contributed by atoms with E-state index in [2.05, 4.69) is 18.7 Å². The van der Waals surface area contributed by atoms with Gasteiger partial charge in [0.15, 0.2) is 0 Å². The zero-order valence-corrected chi connectivity index (χ0v) is 12.5. The Morgan fingerprint density at radius 1 is 1.37 bits per heavy atom. The van der Waals surface area contributed by atoms with Crippen molar-refractivity contribution < 1.29 is 4.74 Å². The molecule has 1 saturated heterocycles. The second-order valence-corrected chi connectivity index (χ2v) is 5.89. The smallest absolute Gasteiger partial charge is 0.120 e. The van der Waals surface area contributed by atoms with Crippen LogP contribution in [0.3, 0.4) is 0 Å². The monoisotopic (exact) mass is 278 g/mol. The zero-order valence-electron chi connectivity index (χ0n) is 11.6. The predicted octanol–water partition coefficient (Wildman–Crippen LogP) is 2.29. The van der Waals surface area contributed by atoms with Crippen molar-refractivity contribution in [3.8, 4) is 5.75 Å². The molecule has 0 spiro atoms. The summed E-state index contributed by atoms with van der Waals surface area (Å²) in [6, 6.07) is 7.66. The van der Waals surface area contributed by atoms with E-state index in [0.29, 0.717) is 11.6 Å². The molecule has 2 N–H and O–H groups in total. The lowest BCUT2D eigenvalue weighted by molar-refractivity contribution is 0.232. The Labute approximate surface area is 120 Å². The number of hydrogen-bond donors (Lipinski definition) is 1. The van der Waals surface area contributed by atoms with Crippen LogP contribution in [0.5, 0.6) is 5.75 Å². The molecule has 0 radical (unpaired) electrons. The second-order valence-electron chi connectivity index (χ2n) is 5.45. The van der Waals surface area contributed by atoms with Crippen LogP contribution in [0.2, 0.25) is 0 Å². The van der Waals surface area contributed by atoms with Gasteiger partial charge in [-0.1, -0.05) is 38.2 Å². The van der Waals surface area contributed by atoms with E-state index >= 15 is 0 Å². The van der Waals surface area contributed by atoms with Crippen LogP contribution in [0.15, 0.2) is 24.3 Å². The Balaban J connectivity index is 1.80. The lowest BCUT2D eigenvalue weighted by Gasteiger charge is -2.16. The van der Waals surface area contributed by atoms with Crippen LogP contribution in [-0.4, -0.2) is 36.1 Å². The lowest BCUT2D eigenvalue weighted by Crippen LogP contribution is -2.26. The Bertz CT molecular complexity index is 440. The predicted molar refractivity (Wildman–Crippen MR) is 82.6 cm³/mol. The normalized spacial score (nSPS) is 23.5. The number of nitrogens with zero attached hydrogens (tertiary/aromatic N) is 1. The fourth-order valence-electron chi connectivity index (χ4n) is 2.46. The highest BCUT2D eigenvalue weighted by Gasteiger charge is 2.25. The molecule has 1 heterocycles. The van der Waals surface area contributed by atoms with Crippen LogP contribution >= 0.6 is 12.2 Å². The molecule has 4 heteroatoms. The summed E-state index contributed by atoms with van der Waals surface area (Å²) < 4.78 is 5.77. The number of rotatable bonds is 5. The second kappa shape index (κ2) is 6.35. The lowest BCUT2D eigenvalue weighted by atomic mass is 10.0. The van der Waals surface area contributed by atoms with Crippen LogP contribution in [0.4, 0.5) is 0 Å². The van der Waals surface area contributed by atoms with Gasteiger partial charge in [0, 0.05) is 25.2 Å². The van der Waals surface area contributed by atoms with Crippen LogP contribution < -0.4 is 10.5 Å². The highest BCUT2D eigenvalue weighted by molar-refractivity contribution is 7.80. The van der Waals surface area contributed by atoms with E-state index in [1.165, 1.54) is 13.1 Å². The van der Waals surface area contributed by atoms with Crippen molar-refractivity contribution in [1.82, 2.24) is 4.90 Å². The molecule has 19 heavy (non-hydrogen) atoms. The zero-order chi connectivity index (χ0) is 13.8. The topological polar surface area (TPSA) is 38.5 Å². The molecule has 104 valence electrons. The third kappa shape index (κ3) is 3.91. The van der Waals surface area contributed by atoms with Gasteiger partial charge < -0.3 is 10.5 Å². The molecule has 0 amide bonds. The van der Waals surface area contributed by atoms with Crippen molar-refractivity contribution in [2.24, 2.45) is 17.6 Å². The van der Waals surface area contributed by atoms with E-state index in [-0.39, 0.29) is 0 Å². The minimum Gasteiger partial charge on any atom is -0.492 e. The van der Waals surface area contributed by atoms with Gasteiger partial charge in [0.1, 0.15) is 17.3 Å². The Morgan fingerprint density at radius 3 is 2.68 bits per heavy atom. The number of nitrogens with two attached hydrogens (primary N) is 1. The Kier molecular flexibility index (Phi) is 4.77. The summed E-state index contributed by atoms with van der Waals surface area (Å²) in [6.45, 7) is 8.68. The molecule has 3 nitrogen and oxygen atoms in total. The summed E-state index contributed by atoms with van der Waals surface area (Å²) in [7, 11) is 0. The molecular formula is C15H22N2OS. The number of thiocarbonyl (C=S) groups is 1. The summed E-state index contributed by atoms with van der Waals surface area (Å²) in [6.07, 6.45) is 0. The minimum absolute atomic E-state index is 0.410. The molecule has 0 bridgehead atoms. The third-order valence-corrected chi connectivity index (χ3v) is 4.09. The molecular weight excluding hydrogens is 256 g/mol. The van der Waals surface area contributed by atoms with Crippen LogP contribution in [-0.2, 0) is 0 Å². The first-order valence-corrected chi connectivity index (χ1v) is 7.22. The Hall–Kier alpha value is -1.13. The summed E-state index contributed by atoms with van der Waals surface area (Å²) in [5.74, 6) is 2.42. The SMILES string of the molecule is CC1CN(CCOc2cccc(C(N)=S)c2)CC1C. The van der Waals surface area contributed by atoms with Gasteiger partial charge in [-0.3, -0.25) is 4.90 Å². The first-order valence-electron chi connectivity index (χ1n) is 6.81. The highest BCUT2D eigenvalue weighted by atomic mass is 32.1. The van der Waals surface area contributed by atoms with E-state index in [9.17, 15) is 0 Å². The largest absolute Gasteiger partial charge is 0.492 e. The van der Waals surface area contributed by atoms with Gasteiger partial charge in [-0.2, -0.15) is 0 Å². The first-order chi connectivity index (χ1) is 9.06. The molecule has 2 atom stereocenters. The maximum absolute atomic E-state index is 5.77. The minimum atomic E-state index is 0.410. The van der Waals surface area contributed by atoms with E-state index in [1.54, 1.807) is 0 Å². The molecule has 1 aromatic rings. The first kappa shape index (κ1) is 14.3. The van der Waals surface area contributed by atoms with E-state index in [1.807, 2.05) is 24.3 Å². The van der Waals surface area contributed by atoms with Gasteiger partial charge in [0.05, 0.1) is 0 Å². The average molecular weight is 278 g/mol. The molecule has 1 fully saturated rings. The van der Waals surface area contributed by atoms with Crippen molar-refractivity contribution in [3.63, 3.8) is 0 Å². The van der Waals surface area contributed by atoms with E-state index < -0.39 is 0 Å². The molecule has 0 aliphatic carbocycles. The molecule has 1 aliphatic heterocycles. The molecule has 1 aliphatic rings. The quantitative estimate of drug-likeness (QED) is 0.839. The van der Waals surface area contributed by atoms with Crippen molar-refractivity contribution in [2.45, 2.75) is 13.8 Å². The average Bonchev–Trinajstić information content (AvgIpc) is 2.69. The van der Waals surface area contributed by atoms with Crippen molar-refractivity contribution in [3.05, 3.63) is 29.8 Å². The van der Waals surface area contributed by atoms with Crippen molar-refractivity contribution in [2.75, 3.05) is 26.2 Å². The van der Waals surface area contributed by atoms with Crippen LogP contribution in [0, 0.1) is 11.8 Å². The summed E-state index contributed by atoms with van der Waals surface area (Å²) >= 11 is 4.96. The van der Waals surface area contributed by atoms with Gasteiger partial charge in [0.2, 0.25) is 0 Å². The summed E-state index contributed by atoms with van der Waals surface area (Å²) in [4.78, 5) is 2.87. The van der Waals surface area contributed by atoms with Gasteiger partial charge in [0.25, 0.3) is 0 Å². The fraction of sp³-hybridized carbons (Fsp3) is 0.533. The van der Waals surface area contributed by atoms with Gasteiger partial charge in [-0.25, -0.2) is 0 Å². The molecule has 0 saturated carbocycles. The molecule has 0 aromatic heterocycles. The van der Waals surface area contributed by atoms with Gasteiger partial charge >= 0.3 is 0 Å². The maximum Gasteiger partial charge on any atom is 0.120 e. The molecule has 2 unspecified atom stereocenters. The van der Waals surface area contributed by atoms with Crippen LogP contribution in [0.1, 0.15) is 19.4 Å². The van der Waals surface area contributed by atoms with E-state index in [0.717, 1.165) is 29.7 Å². The molecule has 1 aromatic carbocycles. The van der Waals surface area contributed by atoms with Crippen molar-refractivity contribution in [1.29, 1.82) is 0 Å². The Morgan fingerprint density at radius 2 is 2.05 bits per heavy atom. The van der Waals surface area contributed by atoms with E-state index in [4.69, 9.17) is 22.7 Å². The highest BCUT2D eigenvalue weighted by Crippen LogP contribution is 2.21. The maximum atomic E-state index is 5.77. The standard InChI is InChI=1S/C15H22N2OS/c1-11-9-17(10-12(11)2)6-7-18-14-5-3-4-13(8-14)15(16)19/h3-5,8,11-12H,6-7,9-10H2,1-2H3,(H2,16,19). The molecule has 2 rings (SSSR count).